The van der Waals surface area contributed by atoms with E-state index < -0.39 is 5.97 Å². The molecule has 2 aromatic rings. The normalized spacial score (nSPS) is 10.8. The Hall–Kier alpha value is -1.21. The van der Waals surface area contributed by atoms with Crippen molar-refractivity contribution in [3.05, 3.63) is 21.3 Å². The summed E-state index contributed by atoms with van der Waals surface area (Å²) in [5.74, 6) is -0.687. The molecule has 90 valence electrons. The van der Waals surface area contributed by atoms with E-state index in [2.05, 4.69) is 31.0 Å². The summed E-state index contributed by atoms with van der Waals surface area (Å²) < 4.78 is 6.84. The number of aromatic nitrogens is 4. The first kappa shape index (κ1) is 12.3. The zero-order valence-electron chi connectivity index (χ0n) is 9.07. The summed E-state index contributed by atoms with van der Waals surface area (Å²) in [6.07, 6.45) is 0. The van der Waals surface area contributed by atoms with Crippen LogP contribution in [0, 0.1) is 6.92 Å². The molecule has 0 amide bonds. The van der Waals surface area contributed by atoms with Crippen LogP contribution in [-0.4, -0.2) is 32.2 Å². The van der Waals surface area contributed by atoms with Crippen molar-refractivity contribution in [3.63, 3.8) is 0 Å². The highest BCUT2D eigenvalue weighted by Gasteiger charge is 2.18. The van der Waals surface area contributed by atoms with E-state index >= 15 is 0 Å². The topological polar surface area (TPSA) is 69.4 Å². The van der Waals surface area contributed by atoms with Gasteiger partial charge in [0.15, 0.2) is 5.65 Å². The Balaban J connectivity index is 2.61. The zero-order valence-corrected chi connectivity index (χ0v) is 11.4. The fourth-order valence-electron chi connectivity index (χ4n) is 1.27. The van der Waals surface area contributed by atoms with E-state index in [1.165, 1.54) is 4.52 Å². The Morgan fingerprint density at radius 1 is 1.53 bits per heavy atom. The number of hydrogen-bond donors (Lipinski definition) is 0. The lowest BCUT2D eigenvalue weighted by molar-refractivity contribution is 0.0512. The molecule has 0 spiro atoms. The molecular weight excluding hydrogens is 311 g/mol. The van der Waals surface area contributed by atoms with Gasteiger partial charge < -0.3 is 4.74 Å². The average molecular weight is 320 g/mol. The molecule has 0 saturated heterocycles. The van der Waals surface area contributed by atoms with Gasteiger partial charge in [-0.05, 0) is 41.4 Å². The molecule has 0 aromatic carbocycles. The summed E-state index contributed by atoms with van der Waals surface area (Å²) in [6, 6.07) is 0. The maximum Gasteiger partial charge on any atom is 0.376 e. The second kappa shape index (κ2) is 4.58. The number of carbonyl (C=O) groups excluding carboxylic acids is 1. The number of halogens is 2. The Bertz CT molecular complexity index is 598. The minimum atomic E-state index is -0.609. The zero-order chi connectivity index (χ0) is 12.6. The van der Waals surface area contributed by atoms with Gasteiger partial charge in [-0.3, -0.25) is 0 Å². The minimum absolute atomic E-state index is 0.0619. The van der Waals surface area contributed by atoms with E-state index in [4.69, 9.17) is 16.3 Å². The molecule has 17 heavy (non-hydrogen) atoms. The number of aryl methyl sites for hydroxylation is 1. The van der Waals surface area contributed by atoms with Crippen molar-refractivity contribution in [2.24, 2.45) is 0 Å². The standard InChI is InChI=1S/C9H8BrClN4O2/c1-3-17-8(16)6-12-7-5(10)4(2)14-15(7)9(11)13-6/h3H2,1-2H3. The Morgan fingerprint density at radius 2 is 2.24 bits per heavy atom. The predicted molar refractivity (Wildman–Crippen MR) is 64.2 cm³/mol. The van der Waals surface area contributed by atoms with E-state index in [-0.39, 0.29) is 17.7 Å². The number of fused-ring (bicyclic) bond motifs is 1. The van der Waals surface area contributed by atoms with Crippen molar-refractivity contribution >= 4 is 39.1 Å². The Kier molecular flexibility index (Phi) is 3.30. The van der Waals surface area contributed by atoms with E-state index in [1.807, 2.05) is 0 Å². The summed E-state index contributed by atoms with van der Waals surface area (Å²) in [6.45, 7) is 3.75. The maximum atomic E-state index is 11.5. The number of esters is 1. The van der Waals surface area contributed by atoms with Crippen molar-refractivity contribution in [1.82, 2.24) is 19.6 Å². The molecule has 0 atom stereocenters. The van der Waals surface area contributed by atoms with Crippen molar-refractivity contribution < 1.29 is 9.53 Å². The quantitative estimate of drug-likeness (QED) is 0.792. The molecular formula is C9H8BrClN4O2. The molecule has 6 nitrogen and oxygen atoms in total. The highest BCUT2D eigenvalue weighted by Crippen LogP contribution is 2.22. The highest BCUT2D eigenvalue weighted by molar-refractivity contribution is 9.10. The van der Waals surface area contributed by atoms with E-state index in [0.717, 1.165) is 0 Å². The summed E-state index contributed by atoms with van der Waals surface area (Å²) in [5, 5.41) is 4.18. The molecule has 2 rings (SSSR count). The minimum Gasteiger partial charge on any atom is -0.460 e. The third-order valence-corrected chi connectivity index (χ3v) is 3.18. The van der Waals surface area contributed by atoms with Crippen molar-refractivity contribution in [2.75, 3.05) is 6.61 Å². The van der Waals surface area contributed by atoms with Gasteiger partial charge in [0, 0.05) is 0 Å². The van der Waals surface area contributed by atoms with Gasteiger partial charge in [-0.2, -0.15) is 14.6 Å². The monoisotopic (exact) mass is 318 g/mol. The molecule has 0 aliphatic heterocycles. The number of hydrogen-bond acceptors (Lipinski definition) is 5. The second-order valence-electron chi connectivity index (χ2n) is 3.17. The molecule has 0 fully saturated rings. The smallest absolute Gasteiger partial charge is 0.376 e. The summed E-state index contributed by atoms with van der Waals surface area (Å²) in [4.78, 5) is 19.4. The third-order valence-electron chi connectivity index (χ3n) is 2.01. The van der Waals surface area contributed by atoms with E-state index in [0.29, 0.717) is 15.8 Å². The number of ether oxygens (including phenoxy) is 1. The van der Waals surface area contributed by atoms with Crippen molar-refractivity contribution in [3.8, 4) is 0 Å². The van der Waals surface area contributed by atoms with Gasteiger partial charge in [0.05, 0.1) is 16.8 Å². The number of nitrogens with zero attached hydrogens (tertiary/aromatic N) is 4. The van der Waals surface area contributed by atoms with Gasteiger partial charge in [-0.15, -0.1) is 0 Å². The SMILES string of the molecule is CCOC(=O)c1nc(Cl)n2nc(C)c(Br)c2n1. The fourth-order valence-corrected chi connectivity index (χ4v) is 1.80. The van der Waals surface area contributed by atoms with Crippen LogP contribution in [-0.2, 0) is 4.74 Å². The van der Waals surface area contributed by atoms with Crippen LogP contribution in [0.25, 0.3) is 5.65 Å². The van der Waals surface area contributed by atoms with Crippen LogP contribution in [0.3, 0.4) is 0 Å². The molecule has 0 saturated carbocycles. The lowest BCUT2D eigenvalue weighted by Crippen LogP contribution is -2.12. The van der Waals surface area contributed by atoms with E-state index in [9.17, 15) is 4.79 Å². The number of rotatable bonds is 2. The molecule has 0 radical (unpaired) electrons. The first-order valence-corrected chi connectivity index (χ1v) is 5.97. The molecule has 2 heterocycles. The van der Waals surface area contributed by atoms with Gasteiger partial charge in [-0.1, -0.05) is 0 Å². The average Bonchev–Trinajstić information content (AvgIpc) is 2.57. The molecule has 0 aliphatic carbocycles. The van der Waals surface area contributed by atoms with Gasteiger partial charge in [0.1, 0.15) is 0 Å². The van der Waals surface area contributed by atoms with Crippen LogP contribution in [0.1, 0.15) is 23.2 Å². The Labute approximate surface area is 110 Å². The predicted octanol–water partition coefficient (Wildman–Crippen LogP) is 2.03. The second-order valence-corrected chi connectivity index (χ2v) is 4.30. The maximum absolute atomic E-state index is 11.5. The first-order chi connectivity index (χ1) is 8.04. The first-order valence-electron chi connectivity index (χ1n) is 4.80. The molecule has 8 heteroatoms. The van der Waals surface area contributed by atoms with Crippen LogP contribution in [0.15, 0.2) is 4.47 Å². The van der Waals surface area contributed by atoms with Gasteiger partial charge in [0.25, 0.3) is 0 Å². The van der Waals surface area contributed by atoms with Crippen LogP contribution in [0.2, 0.25) is 5.28 Å². The van der Waals surface area contributed by atoms with E-state index in [1.54, 1.807) is 13.8 Å². The lowest BCUT2D eigenvalue weighted by atomic mass is 10.5. The van der Waals surface area contributed by atoms with Crippen molar-refractivity contribution in [2.45, 2.75) is 13.8 Å². The lowest BCUT2D eigenvalue weighted by Gasteiger charge is -2.01. The van der Waals surface area contributed by atoms with Gasteiger partial charge in [-0.25, -0.2) is 9.78 Å². The molecule has 2 aromatic heterocycles. The summed E-state index contributed by atoms with van der Waals surface area (Å²) in [5.41, 5.74) is 1.15. The molecule has 0 unspecified atom stereocenters. The van der Waals surface area contributed by atoms with Gasteiger partial charge in [0.2, 0.25) is 11.1 Å². The summed E-state index contributed by atoms with van der Waals surface area (Å²) >= 11 is 9.24. The molecule has 0 aliphatic rings. The molecule has 0 N–H and O–H groups in total. The van der Waals surface area contributed by atoms with Gasteiger partial charge >= 0.3 is 5.97 Å². The molecule has 0 bridgehead atoms. The fraction of sp³-hybridized carbons (Fsp3) is 0.333. The highest BCUT2D eigenvalue weighted by atomic mass is 79.9. The summed E-state index contributed by atoms with van der Waals surface area (Å²) in [7, 11) is 0. The third kappa shape index (κ3) is 2.12. The number of carbonyl (C=O) groups is 1. The van der Waals surface area contributed by atoms with Crippen molar-refractivity contribution in [1.29, 1.82) is 0 Å². The Morgan fingerprint density at radius 3 is 2.88 bits per heavy atom. The van der Waals surface area contributed by atoms with Crippen LogP contribution in [0.4, 0.5) is 0 Å². The largest absolute Gasteiger partial charge is 0.460 e. The van der Waals surface area contributed by atoms with Crippen LogP contribution < -0.4 is 0 Å². The van der Waals surface area contributed by atoms with Crippen LogP contribution >= 0.6 is 27.5 Å². The van der Waals surface area contributed by atoms with Crippen LogP contribution in [0.5, 0.6) is 0 Å².